The van der Waals surface area contributed by atoms with E-state index in [4.69, 9.17) is 19.2 Å². The molecular weight excluding hydrogens is 180 g/mol. The molecule has 0 atom stereocenters. The molecule has 0 radical (unpaired) electrons. The fourth-order valence-corrected chi connectivity index (χ4v) is 0. The molecule has 0 saturated heterocycles. The molecule has 0 aliphatic rings. The van der Waals surface area contributed by atoms with Crippen LogP contribution in [0.2, 0.25) is 0 Å². The quantitative estimate of drug-likeness (QED) is 0.277. The monoisotopic (exact) mass is 194 g/mol. The van der Waals surface area contributed by atoms with Gasteiger partial charge in [0.2, 0.25) is 0 Å². The van der Waals surface area contributed by atoms with E-state index in [2.05, 4.69) is 0 Å². The van der Waals surface area contributed by atoms with Crippen molar-refractivity contribution in [3.63, 3.8) is 0 Å². The number of rotatable bonds is 0. The third-order valence-electron chi connectivity index (χ3n) is 0. The van der Waals surface area contributed by atoms with E-state index in [0.717, 1.165) is 0 Å². The summed E-state index contributed by atoms with van der Waals surface area (Å²) in [6.07, 6.45) is 0. The molecule has 10 heavy (non-hydrogen) atoms. The molecule has 0 aromatic heterocycles. The third-order valence-corrected chi connectivity index (χ3v) is 0. The zero-order valence-electron chi connectivity index (χ0n) is 7.00. The minimum Gasteiger partial charge on any atom is -1.00 e. The fraction of sp³-hybridized carbons (Fsp3) is 0. The molecule has 68 valence electrons. The van der Waals surface area contributed by atoms with Crippen molar-refractivity contribution in [2.24, 2.45) is 0 Å². The SMILES string of the molecule is O.O.O.O.O[Si](O)(O)O.[H-].[H-].[Mg+2]. The van der Waals surface area contributed by atoms with Crippen molar-refractivity contribution in [2.45, 2.75) is 0 Å². The first-order chi connectivity index (χ1) is 2.00. The average molecular weight is 194 g/mol. The van der Waals surface area contributed by atoms with Crippen LogP contribution in [0.15, 0.2) is 0 Å². The second-order valence-electron chi connectivity index (χ2n) is 0.600. The summed E-state index contributed by atoms with van der Waals surface area (Å²) in [5.41, 5.74) is 0. The molecule has 0 fully saturated rings. The van der Waals surface area contributed by atoms with Gasteiger partial charge in [0.25, 0.3) is 0 Å². The van der Waals surface area contributed by atoms with E-state index in [-0.39, 0.29) is 47.8 Å². The minimum atomic E-state index is -4.61. The Morgan fingerprint density at radius 1 is 0.700 bits per heavy atom. The van der Waals surface area contributed by atoms with Crippen molar-refractivity contribution in [1.82, 2.24) is 0 Å². The van der Waals surface area contributed by atoms with Gasteiger partial charge in [0, 0.05) is 0 Å². The van der Waals surface area contributed by atoms with Gasteiger partial charge in [-0.1, -0.05) is 0 Å². The molecule has 0 heterocycles. The molecule has 12 N–H and O–H groups in total. The smallest absolute Gasteiger partial charge is 1.00 e. The summed E-state index contributed by atoms with van der Waals surface area (Å²) < 4.78 is 0. The van der Waals surface area contributed by atoms with Crippen LogP contribution in [0, 0.1) is 0 Å². The van der Waals surface area contributed by atoms with Gasteiger partial charge in [-0.25, -0.2) is 0 Å². The zero-order chi connectivity index (χ0) is 4.50. The van der Waals surface area contributed by atoms with Gasteiger partial charge >= 0.3 is 32.1 Å². The predicted octanol–water partition coefficient (Wildman–Crippen LogP) is -6.06. The average Bonchev–Trinajstić information content (AvgIpc) is 0.722. The van der Waals surface area contributed by atoms with Crippen LogP contribution < -0.4 is 0 Å². The largest absolute Gasteiger partial charge is 2.00 e. The Labute approximate surface area is 76.6 Å². The van der Waals surface area contributed by atoms with E-state index < -0.39 is 9.05 Å². The van der Waals surface area contributed by atoms with Crippen LogP contribution in [0.5, 0.6) is 0 Å². The van der Waals surface area contributed by atoms with E-state index in [1.165, 1.54) is 0 Å². The van der Waals surface area contributed by atoms with Gasteiger partial charge < -0.3 is 43.9 Å². The van der Waals surface area contributed by atoms with Crippen LogP contribution in [-0.4, -0.2) is 73.2 Å². The number of hydrogen-bond acceptors (Lipinski definition) is 4. The normalized spacial score (nSPS) is 6.00. The molecule has 10 heteroatoms. The van der Waals surface area contributed by atoms with Crippen molar-refractivity contribution < 1.29 is 43.9 Å². The van der Waals surface area contributed by atoms with Gasteiger partial charge in [-0.15, -0.1) is 0 Å². The van der Waals surface area contributed by atoms with Crippen molar-refractivity contribution in [1.29, 1.82) is 0 Å². The van der Waals surface area contributed by atoms with E-state index in [1.54, 1.807) is 0 Å². The first kappa shape index (κ1) is 45.8. The van der Waals surface area contributed by atoms with Crippen molar-refractivity contribution in [2.75, 3.05) is 0 Å². The second-order valence-corrected chi connectivity index (χ2v) is 1.80. The fourth-order valence-electron chi connectivity index (χ4n) is 0. The molecule has 0 aliphatic heterocycles. The summed E-state index contributed by atoms with van der Waals surface area (Å²) in [7, 11) is -4.61. The predicted molar refractivity (Wildman–Crippen MR) is 37.1 cm³/mol. The van der Waals surface area contributed by atoms with E-state index in [9.17, 15) is 0 Å². The molecule has 0 aromatic carbocycles. The van der Waals surface area contributed by atoms with Crippen molar-refractivity contribution in [3.8, 4) is 0 Å². The molecule has 0 amide bonds. The van der Waals surface area contributed by atoms with Crippen LogP contribution in [0.3, 0.4) is 0 Å². The van der Waals surface area contributed by atoms with Crippen LogP contribution in [0.4, 0.5) is 0 Å². The van der Waals surface area contributed by atoms with Crippen molar-refractivity contribution in [3.05, 3.63) is 0 Å². The summed E-state index contributed by atoms with van der Waals surface area (Å²) in [5, 5.41) is 0. The minimum absolute atomic E-state index is 0. The van der Waals surface area contributed by atoms with Crippen LogP contribution in [0.25, 0.3) is 0 Å². The van der Waals surface area contributed by atoms with Gasteiger partial charge in [-0.05, 0) is 0 Å². The first-order valence-corrected chi connectivity index (χ1v) is 2.68. The van der Waals surface area contributed by atoms with Crippen LogP contribution in [0.1, 0.15) is 2.85 Å². The van der Waals surface area contributed by atoms with Crippen molar-refractivity contribution >= 4 is 32.1 Å². The van der Waals surface area contributed by atoms with Gasteiger partial charge in [-0.2, -0.15) is 0 Å². The summed E-state index contributed by atoms with van der Waals surface area (Å²) in [6.45, 7) is 0. The number of hydrogen-bond donors (Lipinski definition) is 4. The van der Waals surface area contributed by atoms with E-state index >= 15 is 0 Å². The molecule has 0 spiro atoms. The van der Waals surface area contributed by atoms with Gasteiger partial charge in [0.15, 0.2) is 0 Å². The van der Waals surface area contributed by atoms with E-state index in [0.29, 0.717) is 0 Å². The van der Waals surface area contributed by atoms with Gasteiger partial charge in [0.1, 0.15) is 0 Å². The summed E-state index contributed by atoms with van der Waals surface area (Å²) in [6, 6.07) is 0. The Balaban J connectivity index is -0.00000000381. The Kier molecular flexibility index (Phi) is 74.8. The Morgan fingerprint density at radius 2 is 0.700 bits per heavy atom. The standard InChI is InChI=1S/Mg.H4O4Si.4H2O.2H/c;1-5(2,3)4;;;;;;/h;1-4H;4*1H2;;/q+2;;;;;;2*-1. The van der Waals surface area contributed by atoms with E-state index in [1.807, 2.05) is 0 Å². The Morgan fingerprint density at radius 3 is 0.700 bits per heavy atom. The molecule has 0 rings (SSSR count). The maximum absolute atomic E-state index is 7.33. The van der Waals surface area contributed by atoms with Gasteiger partial charge in [-0.3, -0.25) is 0 Å². The molecule has 8 nitrogen and oxygen atoms in total. The molecule has 0 saturated carbocycles. The van der Waals surface area contributed by atoms with Crippen LogP contribution in [-0.2, 0) is 0 Å². The first-order valence-electron chi connectivity index (χ1n) is 0.894. The maximum atomic E-state index is 7.33. The third kappa shape index (κ3) is 1160. The Hall–Kier alpha value is 0.663. The Bertz CT molecular complexity index is 32.5. The summed E-state index contributed by atoms with van der Waals surface area (Å²) in [5.74, 6) is 0. The second kappa shape index (κ2) is 16.3. The van der Waals surface area contributed by atoms with Gasteiger partial charge in [0.05, 0.1) is 0 Å². The molecule has 0 bridgehead atoms. The van der Waals surface area contributed by atoms with Crippen LogP contribution >= 0.6 is 0 Å². The molecular formula is H14MgO8Si. The molecule has 0 unspecified atom stereocenters. The maximum Gasteiger partial charge on any atom is 2.00 e. The summed E-state index contributed by atoms with van der Waals surface area (Å²) >= 11 is 0. The topological polar surface area (TPSA) is 207 Å². The summed E-state index contributed by atoms with van der Waals surface area (Å²) in [4.78, 5) is 29.3. The molecule has 0 aliphatic carbocycles. The molecule has 0 aromatic rings. The zero-order valence-corrected chi connectivity index (χ0v) is 7.41.